The standard InChI is InChI=1S/C16H23NO2/c1-5-13(4)17-16(19)9-8-15(18)14-7-6-11(2)12(3)10-14/h6-7,10,13H,5,8-9H2,1-4H3,(H,17,19). The van der Waals surface area contributed by atoms with E-state index in [1.807, 2.05) is 45.9 Å². The van der Waals surface area contributed by atoms with Crippen LogP contribution in [0.15, 0.2) is 18.2 Å². The van der Waals surface area contributed by atoms with E-state index in [-0.39, 0.29) is 30.6 Å². The molecule has 1 atom stereocenters. The quantitative estimate of drug-likeness (QED) is 0.799. The monoisotopic (exact) mass is 261 g/mol. The third kappa shape index (κ3) is 4.86. The van der Waals surface area contributed by atoms with E-state index >= 15 is 0 Å². The topological polar surface area (TPSA) is 46.2 Å². The Kier molecular flexibility index (Phi) is 5.74. The summed E-state index contributed by atoms with van der Waals surface area (Å²) in [5.74, 6) is -0.0195. The van der Waals surface area contributed by atoms with Crippen molar-refractivity contribution in [2.24, 2.45) is 0 Å². The van der Waals surface area contributed by atoms with E-state index in [1.54, 1.807) is 0 Å². The van der Waals surface area contributed by atoms with Crippen LogP contribution in [0.2, 0.25) is 0 Å². The minimum Gasteiger partial charge on any atom is -0.354 e. The first-order valence-electron chi connectivity index (χ1n) is 6.83. The number of hydrogen-bond acceptors (Lipinski definition) is 2. The van der Waals surface area contributed by atoms with Crippen molar-refractivity contribution >= 4 is 11.7 Å². The molecule has 1 amide bonds. The minimum absolute atomic E-state index is 0.0300. The molecule has 0 radical (unpaired) electrons. The molecule has 1 aromatic carbocycles. The lowest BCUT2D eigenvalue weighted by molar-refractivity contribution is -0.121. The lowest BCUT2D eigenvalue weighted by Crippen LogP contribution is -2.32. The number of benzene rings is 1. The number of ketones is 1. The van der Waals surface area contributed by atoms with Crippen molar-refractivity contribution in [2.75, 3.05) is 0 Å². The number of carbonyl (C=O) groups is 2. The average Bonchev–Trinajstić information content (AvgIpc) is 2.39. The molecule has 0 spiro atoms. The fourth-order valence-corrected chi connectivity index (χ4v) is 1.74. The smallest absolute Gasteiger partial charge is 0.220 e. The zero-order valence-electron chi connectivity index (χ0n) is 12.2. The van der Waals surface area contributed by atoms with E-state index in [1.165, 1.54) is 5.56 Å². The van der Waals surface area contributed by atoms with Crippen molar-refractivity contribution in [1.29, 1.82) is 0 Å². The summed E-state index contributed by atoms with van der Waals surface area (Å²) in [4.78, 5) is 23.6. The highest BCUT2D eigenvalue weighted by Gasteiger charge is 2.11. The highest BCUT2D eigenvalue weighted by atomic mass is 16.2. The van der Waals surface area contributed by atoms with E-state index in [0.29, 0.717) is 5.56 Å². The first-order valence-corrected chi connectivity index (χ1v) is 6.83. The van der Waals surface area contributed by atoms with Gasteiger partial charge < -0.3 is 5.32 Å². The van der Waals surface area contributed by atoms with Crippen molar-refractivity contribution in [1.82, 2.24) is 5.32 Å². The Balaban J connectivity index is 2.51. The highest BCUT2D eigenvalue weighted by Crippen LogP contribution is 2.12. The summed E-state index contributed by atoms with van der Waals surface area (Å²) in [6.07, 6.45) is 1.43. The van der Waals surface area contributed by atoms with Crippen LogP contribution in [0.1, 0.15) is 54.6 Å². The Morgan fingerprint density at radius 1 is 1.16 bits per heavy atom. The highest BCUT2D eigenvalue weighted by molar-refractivity contribution is 5.98. The van der Waals surface area contributed by atoms with Crippen LogP contribution in [0, 0.1) is 13.8 Å². The lowest BCUT2D eigenvalue weighted by atomic mass is 10.0. The van der Waals surface area contributed by atoms with Crippen LogP contribution in [0.3, 0.4) is 0 Å². The first kappa shape index (κ1) is 15.4. The zero-order chi connectivity index (χ0) is 14.4. The summed E-state index contributed by atoms with van der Waals surface area (Å²) >= 11 is 0. The number of hydrogen-bond donors (Lipinski definition) is 1. The van der Waals surface area contributed by atoms with Gasteiger partial charge >= 0.3 is 0 Å². The normalized spacial score (nSPS) is 12.0. The Labute approximate surface area is 115 Å². The van der Waals surface area contributed by atoms with Gasteiger partial charge in [-0.2, -0.15) is 0 Å². The van der Waals surface area contributed by atoms with Gasteiger partial charge in [0.25, 0.3) is 0 Å². The van der Waals surface area contributed by atoms with Gasteiger partial charge in [0.15, 0.2) is 5.78 Å². The maximum atomic E-state index is 12.0. The second-order valence-corrected chi connectivity index (χ2v) is 5.10. The second kappa shape index (κ2) is 7.07. The van der Waals surface area contributed by atoms with E-state index in [4.69, 9.17) is 0 Å². The van der Waals surface area contributed by atoms with Crippen LogP contribution in [-0.4, -0.2) is 17.7 Å². The van der Waals surface area contributed by atoms with Crippen molar-refractivity contribution in [3.8, 4) is 0 Å². The molecule has 1 N–H and O–H groups in total. The summed E-state index contributed by atoms with van der Waals surface area (Å²) in [5.41, 5.74) is 2.97. The Morgan fingerprint density at radius 3 is 2.42 bits per heavy atom. The molecule has 0 fully saturated rings. The van der Waals surface area contributed by atoms with Gasteiger partial charge in [-0.1, -0.05) is 19.1 Å². The molecule has 0 aliphatic carbocycles. The van der Waals surface area contributed by atoms with E-state index in [9.17, 15) is 9.59 Å². The first-order chi connectivity index (χ1) is 8.93. The van der Waals surface area contributed by atoms with Gasteiger partial charge in [-0.3, -0.25) is 9.59 Å². The lowest BCUT2D eigenvalue weighted by Gasteiger charge is -2.11. The maximum Gasteiger partial charge on any atom is 0.220 e. The molecule has 1 aromatic rings. The maximum absolute atomic E-state index is 12.0. The molecule has 0 saturated carbocycles. The number of Topliss-reactive ketones (excluding diaryl/α,β-unsaturated/α-hetero) is 1. The molecule has 0 aliphatic rings. The van der Waals surface area contributed by atoms with Gasteiger partial charge in [0, 0.05) is 24.4 Å². The molecule has 104 valence electrons. The number of nitrogens with one attached hydrogen (secondary N) is 1. The molecule has 0 aromatic heterocycles. The van der Waals surface area contributed by atoms with Crippen molar-refractivity contribution in [2.45, 2.75) is 53.0 Å². The molecule has 0 heterocycles. The minimum atomic E-state index is -0.0495. The summed E-state index contributed by atoms with van der Waals surface area (Å²) in [7, 11) is 0. The van der Waals surface area contributed by atoms with Gasteiger partial charge in [0.2, 0.25) is 5.91 Å². The van der Waals surface area contributed by atoms with Crippen LogP contribution >= 0.6 is 0 Å². The van der Waals surface area contributed by atoms with Crippen molar-refractivity contribution in [3.05, 3.63) is 34.9 Å². The fourth-order valence-electron chi connectivity index (χ4n) is 1.74. The number of carbonyl (C=O) groups excluding carboxylic acids is 2. The Hall–Kier alpha value is -1.64. The van der Waals surface area contributed by atoms with E-state index < -0.39 is 0 Å². The van der Waals surface area contributed by atoms with Crippen LogP contribution in [0.5, 0.6) is 0 Å². The predicted octanol–water partition coefficient (Wildman–Crippen LogP) is 3.18. The van der Waals surface area contributed by atoms with Crippen molar-refractivity contribution < 1.29 is 9.59 Å². The summed E-state index contributed by atoms with van der Waals surface area (Å²) in [6, 6.07) is 5.84. The molecule has 3 nitrogen and oxygen atoms in total. The number of rotatable bonds is 6. The number of aryl methyl sites for hydroxylation is 2. The van der Waals surface area contributed by atoms with Crippen LogP contribution in [0.25, 0.3) is 0 Å². The third-order valence-electron chi connectivity index (χ3n) is 3.43. The second-order valence-electron chi connectivity index (χ2n) is 5.10. The zero-order valence-corrected chi connectivity index (χ0v) is 12.2. The van der Waals surface area contributed by atoms with Crippen LogP contribution < -0.4 is 5.32 Å². The average molecular weight is 261 g/mol. The Bertz CT molecular complexity index is 466. The SMILES string of the molecule is CCC(C)NC(=O)CCC(=O)c1ccc(C)c(C)c1. The summed E-state index contributed by atoms with van der Waals surface area (Å²) < 4.78 is 0. The molecule has 0 saturated heterocycles. The fraction of sp³-hybridized carbons (Fsp3) is 0.500. The summed E-state index contributed by atoms with van der Waals surface area (Å²) in [5, 5.41) is 2.87. The Morgan fingerprint density at radius 2 is 1.84 bits per heavy atom. The molecule has 1 rings (SSSR count). The van der Waals surface area contributed by atoms with Gasteiger partial charge in [0.1, 0.15) is 0 Å². The van der Waals surface area contributed by atoms with Crippen LogP contribution in [-0.2, 0) is 4.79 Å². The third-order valence-corrected chi connectivity index (χ3v) is 3.43. The number of amides is 1. The summed E-state index contributed by atoms with van der Waals surface area (Å²) in [6.45, 7) is 7.99. The molecular weight excluding hydrogens is 238 g/mol. The van der Waals surface area contributed by atoms with Gasteiger partial charge in [0.05, 0.1) is 0 Å². The molecular formula is C16H23NO2. The molecule has 0 bridgehead atoms. The van der Waals surface area contributed by atoms with E-state index in [0.717, 1.165) is 12.0 Å². The van der Waals surface area contributed by atoms with Gasteiger partial charge in [-0.25, -0.2) is 0 Å². The predicted molar refractivity (Wildman–Crippen MR) is 77.4 cm³/mol. The van der Waals surface area contributed by atoms with E-state index in [2.05, 4.69) is 5.32 Å². The van der Waals surface area contributed by atoms with Gasteiger partial charge in [-0.05, 0) is 44.4 Å². The van der Waals surface area contributed by atoms with Gasteiger partial charge in [-0.15, -0.1) is 0 Å². The molecule has 3 heteroatoms. The van der Waals surface area contributed by atoms with Crippen molar-refractivity contribution in [3.63, 3.8) is 0 Å². The largest absolute Gasteiger partial charge is 0.354 e. The van der Waals surface area contributed by atoms with Crippen LogP contribution in [0.4, 0.5) is 0 Å². The molecule has 19 heavy (non-hydrogen) atoms. The molecule has 0 aliphatic heterocycles. The molecule has 1 unspecified atom stereocenters.